The number of imidazole rings is 1. The second-order valence-electron chi connectivity index (χ2n) is 4.59. The quantitative estimate of drug-likeness (QED) is 0.808. The number of fused-ring (bicyclic) bond motifs is 1. The first kappa shape index (κ1) is 13.5. The monoisotopic (exact) mass is 298 g/mol. The maximum absolute atomic E-state index is 11.5. The van der Waals surface area contributed by atoms with Crippen molar-refractivity contribution in [3.8, 4) is 0 Å². The normalized spacial score (nSPS) is 11.3. The lowest BCUT2D eigenvalue weighted by molar-refractivity contribution is 0.0967. The standard InChI is InChI=1S/C15H14N4OS/c1-10-5-6-19-11(8-17-13(19)7-10)3-4-14-18-9-12(21-14)15(20)16-2/h3-9H,1-2H3,(H,16,20). The maximum Gasteiger partial charge on any atom is 0.262 e. The number of carbonyl (C=O) groups is 1. The van der Waals surface area contributed by atoms with Crippen LogP contribution in [-0.2, 0) is 0 Å². The van der Waals surface area contributed by atoms with Crippen LogP contribution < -0.4 is 5.32 Å². The minimum atomic E-state index is -0.113. The lowest BCUT2D eigenvalue weighted by Crippen LogP contribution is -2.16. The van der Waals surface area contributed by atoms with Gasteiger partial charge in [0.05, 0.1) is 18.1 Å². The van der Waals surface area contributed by atoms with Crippen molar-refractivity contribution in [2.45, 2.75) is 6.92 Å². The molecule has 0 aromatic carbocycles. The Balaban J connectivity index is 1.87. The fourth-order valence-electron chi connectivity index (χ4n) is 1.97. The summed E-state index contributed by atoms with van der Waals surface area (Å²) in [5, 5.41) is 3.37. The summed E-state index contributed by atoms with van der Waals surface area (Å²) >= 11 is 1.36. The van der Waals surface area contributed by atoms with Gasteiger partial charge < -0.3 is 9.72 Å². The van der Waals surface area contributed by atoms with Gasteiger partial charge in [-0.05, 0) is 36.8 Å². The third-order valence-electron chi connectivity index (χ3n) is 3.07. The molecule has 3 rings (SSSR count). The average Bonchev–Trinajstić information content (AvgIpc) is 3.10. The maximum atomic E-state index is 11.5. The largest absolute Gasteiger partial charge is 0.354 e. The Morgan fingerprint density at radius 1 is 1.33 bits per heavy atom. The van der Waals surface area contributed by atoms with E-state index in [0.29, 0.717) is 4.88 Å². The molecular weight excluding hydrogens is 284 g/mol. The van der Waals surface area contributed by atoms with Crippen molar-refractivity contribution < 1.29 is 4.79 Å². The summed E-state index contributed by atoms with van der Waals surface area (Å²) in [6, 6.07) is 4.07. The fraction of sp³-hybridized carbons (Fsp3) is 0.133. The molecule has 0 radical (unpaired) electrons. The molecule has 0 spiro atoms. The fourth-order valence-corrected chi connectivity index (χ4v) is 2.74. The number of hydrogen-bond donors (Lipinski definition) is 1. The van der Waals surface area contributed by atoms with E-state index in [9.17, 15) is 4.79 Å². The molecule has 3 heterocycles. The van der Waals surface area contributed by atoms with E-state index in [2.05, 4.69) is 15.3 Å². The van der Waals surface area contributed by atoms with Crippen molar-refractivity contribution in [3.63, 3.8) is 0 Å². The van der Waals surface area contributed by atoms with Gasteiger partial charge in [0.1, 0.15) is 15.5 Å². The van der Waals surface area contributed by atoms with E-state index in [0.717, 1.165) is 16.3 Å². The van der Waals surface area contributed by atoms with Crippen molar-refractivity contribution in [1.29, 1.82) is 0 Å². The van der Waals surface area contributed by atoms with Crippen LogP contribution in [0.25, 0.3) is 17.8 Å². The number of pyridine rings is 1. The van der Waals surface area contributed by atoms with Crippen LogP contribution >= 0.6 is 11.3 Å². The molecular formula is C15H14N4OS. The van der Waals surface area contributed by atoms with Gasteiger partial charge in [-0.15, -0.1) is 11.3 Å². The van der Waals surface area contributed by atoms with Crippen molar-refractivity contribution in [1.82, 2.24) is 19.7 Å². The highest BCUT2D eigenvalue weighted by atomic mass is 32.1. The Morgan fingerprint density at radius 2 is 2.19 bits per heavy atom. The molecule has 21 heavy (non-hydrogen) atoms. The Hall–Kier alpha value is -2.47. The number of carbonyl (C=O) groups excluding carboxylic acids is 1. The van der Waals surface area contributed by atoms with Gasteiger partial charge in [-0.25, -0.2) is 9.97 Å². The number of nitrogens with one attached hydrogen (secondary N) is 1. The zero-order chi connectivity index (χ0) is 14.8. The second kappa shape index (κ2) is 5.49. The van der Waals surface area contributed by atoms with Crippen molar-refractivity contribution in [2.75, 3.05) is 7.05 Å². The van der Waals surface area contributed by atoms with Crippen LogP contribution in [0.5, 0.6) is 0 Å². The zero-order valence-corrected chi connectivity index (χ0v) is 12.5. The van der Waals surface area contributed by atoms with E-state index >= 15 is 0 Å². The third kappa shape index (κ3) is 2.71. The first-order chi connectivity index (χ1) is 10.2. The molecule has 1 amide bonds. The van der Waals surface area contributed by atoms with Gasteiger partial charge in [0.15, 0.2) is 0 Å². The molecule has 0 fully saturated rings. The van der Waals surface area contributed by atoms with Gasteiger partial charge in [0, 0.05) is 13.2 Å². The Kier molecular flexibility index (Phi) is 3.53. The lowest BCUT2D eigenvalue weighted by atomic mass is 10.3. The number of aryl methyl sites for hydroxylation is 1. The van der Waals surface area contributed by atoms with Crippen LogP contribution in [0.15, 0.2) is 30.7 Å². The predicted octanol–water partition coefficient (Wildman–Crippen LogP) is 2.63. The number of nitrogens with zero attached hydrogens (tertiary/aromatic N) is 3. The number of aromatic nitrogens is 3. The van der Waals surface area contributed by atoms with Crippen LogP contribution in [0.4, 0.5) is 0 Å². The highest BCUT2D eigenvalue weighted by Gasteiger charge is 2.07. The predicted molar refractivity (Wildman–Crippen MR) is 84.4 cm³/mol. The van der Waals surface area contributed by atoms with Gasteiger partial charge >= 0.3 is 0 Å². The summed E-state index contributed by atoms with van der Waals surface area (Å²) < 4.78 is 2.01. The highest BCUT2D eigenvalue weighted by molar-refractivity contribution is 7.14. The molecule has 0 aliphatic carbocycles. The minimum Gasteiger partial charge on any atom is -0.354 e. The summed E-state index contributed by atoms with van der Waals surface area (Å²) in [6.45, 7) is 2.04. The van der Waals surface area contributed by atoms with Gasteiger partial charge in [-0.2, -0.15) is 0 Å². The summed E-state index contributed by atoms with van der Waals surface area (Å²) in [6.07, 6.45) is 9.23. The number of hydrogen-bond acceptors (Lipinski definition) is 4. The summed E-state index contributed by atoms with van der Waals surface area (Å²) in [4.78, 5) is 20.7. The molecule has 1 N–H and O–H groups in total. The molecule has 0 aliphatic rings. The van der Waals surface area contributed by atoms with E-state index in [-0.39, 0.29) is 5.91 Å². The Labute approximate surface area is 126 Å². The van der Waals surface area contributed by atoms with E-state index < -0.39 is 0 Å². The van der Waals surface area contributed by atoms with Gasteiger partial charge in [0.2, 0.25) is 0 Å². The third-order valence-corrected chi connectivity index (χ3v) is 4.03. The molecule has 6 heteroatoms. The van der Waals surface area contributed by atoms with Crippen LogP contribution in [0.1, 0.15) is 25.9 Å². The molecule has 0 aliphatic heterocycles. The van der Waals surface area contributed by atoms with Crippen molar-refractivity contribution >= 4 is 35.0 Å². The van der Waals surface area contributed by atoms with Crippen LogP contribution in [0, 0.1) is 6.92 Å². The van der Waals surface area contributed by atoms with E-state index in [4.69, 9.17) is 0 Å². The lowest BCUT2D eigenvalue weighted by Gasteiger charge is -1.97. The van der Waals surface area contributed by atoms with Crippen LogP contribution in [-0.4, -0.2) is 27.3 Å². The zero-order valence-electron chi connectivity index (χ0n) is 11.7. The average molecular weight is 298 g/mol. The highest BCUT2D eigenvalue weighted by Crippen LogP contribution is 2.17. The molecule has 0 saturated heterocycles. The van der Waals surface area contributed by atoms with Gasteiger partial charge in [-0.1, -0.05) is 0 Å². The van der Waals surface area contributed by atoms with E-state index in [1.54, 1.807) is 13.2 Å². The second-order valence-corrected chi connectivity index (χ2v) is 5.65. The molecule has 5 nitrogen and oxygen atoms in total. The smallest absolute Gasteiger partial charge is 0.262 e. The molecule has 0 saturated carbocycles. The number of rotatable bonds is 3. The Bertz CT molecular complexity index is 831. The minimum absolute atomic E-state index is 0.113. The summed E-state index contributed by atoms with van der Waals surface area (Å²) in [5.74, 6) is -0.113. The van der Waals surface area contributed by atoms with Gasteiger partial charge in [0.25, 0.3) is 5.91 Å². The van der Waals surface area contributed by atoms with Crippen molar-refractivity contribution in [2.24, 2.45) is 0 Å². The number of thiazole rings is 1. The molecule has 0 atom stereocenters. The SMILES string of the molecule is CNC(=O)c1cnc(C=Cc2cnc3cc(C)ccn23)s1. The topological polar surface area (TPSA) is 59.3 Å². The first-order valence-corrected chi connectivity index (χ1v) is 7.29. The van der Waals surface area contributed by atoms with E-state index in [1.165, 1.54) is 16.9 Å². The number of amides is 1. The van der Waals surface area contributed by atoms with E-state index in [1.807, 2.05) is 48.0 Å². The summed E-state index contributed by atoms with van der Waals surface area (Å²) in [5.41, 5.74) is 3.07. The molecule has 3 aromatic heterocycles. The molecule has 0 unspecified atom stereocenters. The Morgan fingerprint density at radius 3 is 3.00 bits per heavy atom. The van der Waals surface area contributed by atoms with Crippen LogP contribution in [0.2, 0.25) is 0 Å². The first-order valence-electron chi connectivity index (χ1n) is 6.47. The van der Waals surface area contributed by atoms with Crippen molar-refractivity contribution in [3.05, 3.63) is 51.9 Å². The molecule has 0 bridgehead atoms. The summed E-state index contributed by atoms with van der Waals surface area (Å²) in [7, 11) is 1.61. The van der Waals surface area contributed by atoms with Crippen LogP contribution in [0.3, 0.4) is 0 Å². The van der Waals surface area contributed by atoms with Gasteiger partial charge in [-0.3, -0.25) is 4.79 Å². The molecule has 106 valence electrons. The molecule has 3 aromatic rings.